The smallest absolute Gasteiger partial charge is 0.254 e. The molecule has 1 aliphatic rings. The zero-order valence-corrected chi connectivity index (χ0v) is 15.0. The van der Waals surface area contributed by atoms with Crippen molar-refractivity contribution < 1.29 is 9.53 Å². The van der Waals surface area contributed by atoms with E-state index in [0.717, 1.165) is 25.9 Å². The Morgan fingerprint density at radius 1 is 1.16 bits per heavy atom. The number of ether oxygens (including phenoxy) is 1. The highest BCUT2D eigenvalue weighted by atomic mass is 16.5. The Labute approximate surface area is 149 Å². The number of benzene rings is 2. The first kappa shape index (κ1) is 17.5. The van der Waals surface area contributed by atoms with Crippen molar-refractivity contribution in [3.63, 3.8) is 0 Å². The van der Waals surface area contributed by atoms with Crippen LogP contribution >= 0.6 is 0 Å². The molecule has 1 heterocycles. The van der Waals surface area contributed by atoms with E-state index in [9.17, 15) is 4.79 Å². The fourth-order valence-corrected chi connectivity index (χ4v) is 3.30. The highest BCUT2D eigenvalue weighted by Crippen LogP contribution is 2.21. The SMILES string of the molecule is COc1cccc(C(=O)N(Cc2ccc(C)cc2)C2CCNCC2)c1. The van der Waals surface area contributed by atoms with Crippen molar-refractivity contribution in [3.8, 4) is 5.75 Å². The summed E-state index contributed by atoms with van der Waals surface area (Å²) in [6, 6.07) is 16.1. The number of methoxy groups -OCH3 is 1. The Hall–Kier alpha value is -2.33. The number of nitrogens with zero attached hydrogens (tertiary/aromatic N) is 1. The van der Waals surface area contributed by atoms with Crippen LogP contribution in [0.4, 0.5) is 0 Å². The summed E-state index contributed by atoms with van der Waals surface area (Å²) in [5.74, 6) is 0.790. The van der Waals surface area contributed by atoms with Gasteiger partial charge in [-0.05, 0) is 56.6 Å². The van der Waals surface area contributed by atoms with Crippen LogP contribution in [0.5, 0.6) is 5.75 Å². The summed E-state index contributed by atoms with van der Waals surface area (Å²) >= 11 is 0. The number of piperidine rings is 1. The standard InChI is InChI=1S/C21H26N2O2/c1-16-6-8-17(9-7-16)15-23(19-10-12-22-13-11-19)21(24)18-4-3-5-20(14-18)25-2/h3-9,14,19,22H,10-13,15H2,1-2H3. The molecule has 1 fully saturated rings. The van der Waals surface area contributed by atoms with Crippen LogP contribution in [0.2, 0.25) is 0 Å². The summed E-state index contributed by atoms with van der Waals surface area (Å²) < 4.78 is 5.28. The van der Waals surface area contributed by atoms with Crippen molar-refractivity contribution in [2.75, 3.05) is 20.2 Å². The van der Waals surface area contributed by atoms with E-state index in [0.29, 0.717) is 17.9 Å². The Balaban J connectivity index is 1.86. The average Bonchev–Trinajstić information content (AvgIpc) is 2.67. The third-order valence-corrected chi connectivity index (χ3v) is 4.80. The Morgan fingerprint density at radius 3 is 2.56 bits per heavy atom. The zero-order valence-electron chi connectivity index (χ0n) is 15.0. The topological polar surface area (TPSA) is 41.6 Å². The van der Waals surface area contributed by atoms with Gasteiger partial charge in [-0.25, -0.2) is 0 Å². The number of carbonyl (C=O) groups excluding carboxylic acids is 1. The highest BCUT2D eigenvalue weighted by Gasteiger charge is 2.26. The minimum Gasteiger partial charge on any atom is -0.497 e. The minimum absolute atomic E-state index is 0.0753. The molecule has 1 aliphatic heterocycles. The third kappa shape index (κ3) is 4.40. The summed E-state index contributed by atoms with van der Waals surface area (Å²) in [4.78, 5) is 15.3. The molecule has 2 aromatic carbocycles. The quantitative estimate of drug-likeness (QED) is 0.908. The van der Waals surface area contributed by atoms with Gasteiger partial charge >= 0.3 is 0 Å². The lowest BCUT2D eigenvalue weighted by Crippen LogP contribution is -2.45. The summed E-state index contributed by atoms with van der Waals surface area (Å²) in [7, 11) is 1.63. The molecule has 132 valence electrons. The fraction of sp³-hybridized carbons (Fsp3) is 0.381. The monoisotopic (exact) mass is 338 g/mol. The maximum atomic E-state index is 13.2. The molecule has 0 bridgehead atoms. The molecule has 1 N–H and O–H groups in total. The van der Waals surface area contributed by atoms with Gasteiger partial charge in [0.2, 0.25) is 0 Å². The first-order valence-electron chi connectivity index (χ1n) is 8.88. The Bertz CT molecular complexity index is 706. The molecule has 1 amide bonds. The van der Waals surface area contributed by atoms with Gasteiger partial charge in [0.15, 0.2) is 0 Å². The minimum atomic E-state index is 0.0753. The number of hydrogen-bond acceptors (Lipinski definition) is 3. The molecule has 4 heteroatoms. The summed E-state index contributed by atoms with van der Waals surface area (Å²) in [5, 5.41) is 3.38. The summed E-state index contributed by atoms with van der Waals surface area (Å²) in [6.07, 6.45) is 1.98. The highest BCUT2D eigenvalue weighted by molar-refractivity contribution is 5.94. The lowest BCUT2D eigenvalue weighted by Gasteiger charge is -2.35. The van der Waals surface area contributed by atoms with Gasteiger partial charge in [-0.2, -0.15) is 0 Å². The molecule has 3 rings (SSSR count). The molecule has 25 heavy (non-hydrogen) atoms. The molecule has 0 atom stereocenters. The van der Waals surface area contributed by atoms with Crippen LogP contribution in [-0.4, -0.2) is 37.0 Å². The molecule has 0 saturated carbocycles. The summed E-state index contributed by atoms with van der Waals surface area (Å²) in [5.41, 5.74) is 3.08. The van der Waals surface area contributed by atoms with E-state index in [4.69, 9.17) is 4.74 Å². The number of rotatable bonds is 5. The first-order valence-corrected chi connectivity index (χ1v) is 8.88. The number of carbonyl (C=O) groups is 1. The van der Waals surface area contributed by atoms with Crippen molar-refractivity contribution in [1.29, 1.82) is 0 Å². The van der Waals surface area contributed by atoms with E-state index in [1.807, 2.05) is 29.2 Å². The molecule has 0 aromatic heterocycles. The van der Waals surface area contributed by atoms with Crippen LogP contribution in [0.15, 0.2) is 48.5 Å². The van der Waals surface area contributed by atoms with Crippen LogP contribution < -0.4 is 10.1 Å². The van der Waals surface area contributed by atoms with E-state index in [1.165, 1.54) is 11.1 Å². The van der Waals surface area contributed by atoms with Crippen LogP contribution in [0.25, 0.3) is 0 Å². The molecular formula is C21H26N2O2. The maximum absolute atomic E-state index is 13.2. The molecular weight excluding hydrogens is 312 g/mol. The van der Waals surface area contributed by atoms with Gasteiger partial charge < -0.3 is 15.0 Å². The molecule has 4 nitrogen and oxygen atoms in total. The lowest BCUT2D eigenvalue weighted by molar-refractivity contribution is 0.0623. The van der Waals surface area contributed by atoms with E-state index < -0.39 is 0 Å². The maximum Gasteiger partial charge on any atom is 0.254 e. The predicted octanol–water partition coefficient (Wildman–Crippen LogP) is 3.40. The van der Waals surface area contributed by atoms with Crippen LogP contribution in [0, 0.1) is 6.92 Å². The Kier molecular flexibility index (Phi) is 5.71. The largest absolute Gasteiger partial charge is 0.497 e. The molecule has 0 radical (unpaired) electrons. The van der Waals surface area contributed by atoms with Crippen LogP contribution in [0.3, 0.4) is 0 Å². The van der Waals surface area contributed by atoms with E-state index in [2.05, 4.69) is 36.5 Å². The second-order valence-corrected chi connectivity index (χ2v) is 6.63. The molecule has 2 aromatic rings. The fourth-order valence-electron chi connectivity index (χ4n) is 3.30. The van der Waals surface area contributed by atoms with E-state index >= 15 is 0 Å². The molecule has 0 aliphatic carbocycles. The number of amides is 1. The lowest BCUT2D eigenvalue weighted by atomic mass is 10.0. The van der Waals surface area contributed by atoms with Gasteiger partial charge in [0.1, 0.15) is 5.75 Å². The van der Waals surface area contributed by atoms with Crippen molar-refractivity contribution in [3.05, 3.63) is 65.2 Å². The second-order valence-electron chi connectivity index (χ2n) is 6.63. The van der Waals surface area contributed by atoms with Gasteiger partial charge in [0, 0.05) is 18.2 Å². The first-order chi connectivity index (χ1) is 12.2. The van der Waals surface area contributed by atoms with E-state index in [1.54, 1.807) is 7.11 Å². The predicted molar refractivity (Wildman–Crippen MR) is 99.9 cm³/mol. The number of hydrogen-bond donors (Lipinski definition) is 1. The second kappa shape index (κ2) is 8.17. The summed E-state index contributed by atoms with van der Waals surface area (Å²) in [6.45, 7) is 4.64. The van der Waals surface area contributed by atoms with Gasteiger partial charge in [-0.15, -0.1) is 0 Å². The number of aryl methyl sites for hydroxylation is 1. The van der Waals surface area contributed by atoms with Crippen molar-refractivity contribution in [1.82, 2.24) is 10.2 Å². The van der Waals surface area contributed by atoms with Gasteiger partial charge in [-0.1, -0.05) is 35.9 Å². The van der Waals surface area contributed by atoms with Gasteiger partial charge in [0.25, 0.3) is 5.91 Å². The van der Waals surface area contributed by atoms with Gasteiger partial charge in [0.05, 0.1) is 7.11 Å². The van der Waals surface area contributed by atoms with Crippen LogP contribution in [0.1, 0.15) is 34.3 Å². The molecule has 0 spiro atoms. The van der Waals surface area contributed by atoms with Crippen molar-refractivity contribution >= 4 is 5.91 Å². The average molecular weight is 338 g/mol. The normalized spacial score (nSPS) is 15.0. The third-order valence-electron chi connectivity index (χ3n) is 4.80. The van der Waals surface area contributed by atoms with Crippen molar-refractivity contribution in [2.45, 2.75) is 32.4 Å². The zero-order chi connectivity index (χ0) is 17.6. The van der Waals surface area contributed by atoms with Crippen LogP contribution in [-0.2, 0) is 6.54 Å². The van der Waals surface area contributed by atoms with Crippen molar-refractivity contribution in [2.24, 2.45) is 0 Å². The Morgan fingerprint density at radius 2 is 1.88 bits per heavy atom. The molecule has 1 saturated heterocycles. The van der Waals surface area contributed by atoms with Gasteiger partial charge in [-0.3, -0.25) is 4.79 Å². The molecule has 0 unspecified atom stereocenters. The van der Waals surface area contributed by atoms with E-state index in [-0.39, 0.29) is 11.9 Å². The number of nitrogens with one attached hydrogen (secondary N) is 1.